The van der Waals surface area contributed by atoms with Crippen LogP contribution in [0.1, 0.15) is 5.56 Å². The lowest BCUT2D eigenvalue weighted by molar-refractivity contribution is 0.774. The van der Waals surface area contributed by atoms with Gasteiger partial charge in [0.25, 0.3) is 0 Å². The summed E-state index contributed by atoms with van der Waals surface area (Å²) in [7, 11) is 1.92. The molecule has 3 rings (SSSR count). The van der Waals surface area contributed by atoms with Crippen molar-refractivity contribution in [3.8, 4) is 22.0 Å². The predicted molar refractivity (Wildman–Crippen MR) is 77.6 cm³/mol. The number of aromatic nitrogens is 3. The van der Waals surface area contributed by atoms with Gasteiger partial charge in [-0.25, -0.2) is 4.98 Å². The molecule has 4 nitrogen and oxygen atoms in total. The van der Waals surface area contributed by atoms with Crippen molar-refractivity contribution in [1.82, 2.24) is 14.8 Å². The Labute approximate surface area is 115 Å². The molecule has 3 aromatic rings. The molecular formula is C14H14N4S. The van der Waals surface area contributed by atoms with Crippen LogP contribution in [-0.2, 0) is 13.6 Å². The first kappa shape index (κ1) is 12.1. The minimum absolute atomic E-state index is 0.549. The number of hydrogen-bond donors (Lipinski definition) is 1. The van der Waals surface area contributed by atoms with Gasteiger partial charge in [0.2, 0.25) is 0 Å². The van der Waals surface area contributed by atoms with Gasteiger partial charge in [-0.15, -0.1) is 11.3 Å². The van der Waals surface area contributed by atoms with E-state index in [-0.39, 0.29) is 0 Å². The Balaban J connectivity index is 1.99. The van der Waals surface area contributed by atoms with Gasteiger partial charge in [-0.3, -0.25) is 4.68 Å². The van der Waals surface area contributed by atoms with Crippen LogP contribution in [0.25, 0.3) is 22.0 Å². The van der Waals surface area contributed by atoms with Crippen LogP contribution in [0.3, 0.4) is 0 Å². The van der Waals surface area contributed by atoms with E-state index in [1.165, 1.54) is 0 Å². The van der Waals surface area contributed by atoms with E-state index < -0.39 is 0 Å². The number of rotatable bonds is 3. The summed E-state index contributed by atoms with van der Waals surface area (Å²) in [4.78, 5) is 4.68. The largest absolute Gasteiger partial charge is 0.326 e. The van der Waals surface area contributed by atoms with Gasteiger partial charge in [0.15, 0.2) is 0 Å². The van der Waals surface area contributed by atoms with Crippen LogP contribution < -0.4 is 5.73 Å². The van der Waals surface area contributed by atoms with E-state index in [2.05, 4.69) is 27.6 Å². The normalized spacial score (nSPS) is 10.8. The summed E-state index contributed by atoms with van der Waals surface area (Å²) < 4.78 is 1.83. The third-order valence-electron chi connectivity index (χ3n) is 3.00. The number of hydrogen-bond acceptors (Lipinski definition) is 4. The molecule has 0 amide bonds. The first-order chi connectivity index (χ1) is 9.28. The second-order valence-electron chi connectivity index (χ2n) is 4.28. The highest BCUT2D eigenvalue weighted by Crippen LogP contribution is 2.28. The highest BCUT2D eigenvalue weighted by Gasteiger charge is 2.09. The topological polar surface area (TPSA) is 56.7 Å². The zero-order valence-corrected chi connectivity index (χ0v) is 11.4. The van der Waals surface area contributed by atoms with Gasteiger partial charge >= 0.3 is 0 Å². The lowest BCUT2D eigenvalue weighted by Gasteiger charge is -2.00. The number of benzene rings is 1. The molecule has 5 heteroatoms. The van der Waals surface area contributed by atoms with Crippen molar-refractivity contribution in [1.29, 1.82) is 0 Å². The monoisotopic (exact) mass is 270 g/mol. The number of nitrogens with zero attached hydrogens (tertiary/aromatic N) is 3. The standard InChI is InChI=1S/C14H14N4S/c1-18-13(5-6-16-18)12-9-19-14(17-12)11-4-2-3-10(7-11)8-15/h2-7,9H,8,15H2,1H3. The lowest BCUT2D eigenvalue weighted by Crippen LogP contribution is -1.95. The molecule has 96 valence electrons. The van der Waals surface area contributed by atoms with Crippen molar-refractivity contribution in [2.24, 2.45) is 12.8 Å². The van der Waals surface area contributed by atoms with Gasteiger partial charge in [0, 0.05) is 30.7 Å². The Morgan fingerprint density at radius 3 is 2.95 bits per heavy atom. The highest BCUT2D eigenvalue weighted by molar-refractivity contribution is 7.13. The third kappa shape index (κ3) is 2.30. The Bertz CT molecular complexity index is 699. The van der Waals surface area contributed by atoms with E-state index in [1.807, 2.05) is 29.9 Å². The molecule has 1 aromatic carbocycles. The van der Waals surface area contributed by atoms with Crippen molar-refractivity contribution < 1.29 is 0 Å². The Morgan fingerprint density at radius 2 is 2.21 bits per heavy atom. The SMILES string of the molecule is Cn1nccc1-c1csc(-c2cccc(CN)c2)n1. The Morgan fingerprint density at radius 1 is 1.32 bits per heavy atom. The minimum atomic E-state index is 0.549. The summed E-state index contributed by atoms with van der Waals surface area (Å²) in [5.74, 6) is 0. The van der Waals surface area contributed by atoms with Crippen molar-refractivity contribution in [2.45, 2.75) is 6.54 Å². The molecule has 2 aromatic heterocycles. The predicted octanol–water partition coefficient (Wildman–Crippen LogP) is 2.67. The zero-order valence-electron chi connectivity index (χ0n) is 10.6. The summed E-state index contributed by atoms with van der Waals surface area (Å²) in [5, 5.41) is 7.23. The molecule has 19 heavy (non-hydrogen) atoms. The van der Waals surface area contributed by atoms with E-state index >= 15 is 0 Å². The van der Waals surface area contributed by atoms with Crippen LogP contribution in [0.5, 0.6) is 0 Å². The van der Waals surface area contributed by atoms with Gasteiger partial charge in [-0.05, 0) is 17.7 Å². The van der Waals surface area contributed by atoms with Gasteiger partial charge in [-0.1, -0.05) is 18.2 Å². The van der Waals surface area contributed by atoms with E-state index in [0.29, 0.717) is 6.54 Å². The molecule has 0 fully saturated rings. The smallest absolute Gasteiger partial charge is 0.124 e. The molecule has 0 radical (unpaired) electrons. The fraction of sp³-hybridized carbons (Fsp3) is 0.143. The van der Waals surface area contributed by atoms with Crippen LogP contribution in [0, 0.1) is 0 Å². The maximum Gasteiger partial charge on any atom is 0.124 e. The highest BCUT2D eigenvalue weighted by atomic mass is 32.1. The van der Waals surface area contributed by atoms with Crippen molar-refractivity contribution in [3.63, 3.8) is 0 Å². The average Bonchev–Trinajstić information content (AvgIpc) is 3.07. The summed E-state index contributed by atoms with van der Waals surface area (Å²) >= 11 is 1.64. The second kappa shape index (κ2) is 4.95. The molecule has 0 aliphatic rings. The van der Waals surface area contributed by atoms with Crippen LogP contribution in [0.2, 0.25) is 0 Å². The first-order valence-electron chi connectivity index (χ1n) is 6.01. The maximum absolute atomic E-state index is 5.67. The van der Waals surface area contributed by atoms with E-state index in [1.54, 1.807) is 17.5 Å². The molecule has 0 saturated carbocycles. The molecule has 0 spiro atoms. The summed E-state index contributed by atoms with van der Waals surface area (Å²) in [6, 6.07) is 10.2. The van der Waals surface area contributed by atoms with Crippen LogP contribution >= 0.6 is 11.3 Å². The fourth-order valence-electron chi connectivity index (χ4n) is 1.98. The Kier molecular flexibility index (Phi) is 3.15. The number of aryl methyl sites for hydroxylation is 1. The zero-order chi connectivity index (χ0) is 13.2. The Hall–Kier alpha value is -1.98. The molecule has 0 saturated heterocycles. The van der Waals surface area contributed by atoms with Gasteiger partial charge < -0.3 is 5.73 Å². The molecule has 2 N–H and O–H groups in total. The summed E-state index contributed by atoms with van der Waals surface area (Å²) in [6.07, 6.45) is 1.78. The van der Waals surface area contributed by atoms with Gasteiger partial charge in [-0.2, -0.15) is 5.10 Å². The quantitative estimate of drug-likeness (QED) is 0.796. The molecule has 2 heterocycles. The van der Waals surface area contributed by atoms with E-state index in [9.17, 15) is 0 Å². The van der Waals surface area contributed by atoms with E-state index in [4.69, 9.17) is 5.73 Å². The van der Waals surface area contributed by atoms with Crippen LogP contribution in [-0.4, -0.2) is 14.8 Å². The molecule has 0 unspecified atom stereocenters. The summed E-state index contributed by atoms with van der Waals surface area (Å²) in [6.45, 7) is 0.549. The minimum Gasteiger partial charge on any atom is -0.326 e. The molecule has 0 atom stereocenters. The molecule has 0 aliphatic heterocycles. The van der Waals surface area contributed by atoms with Crippen molar-refractivity contribution >= 4 is 11.3 Å². The van der Waals surface area contributed by atoms with E-state index in [0.717, 1.165) is 27.5 Å². The fourth-order valence-corrected chi connectivity index (χ4v) is 2.79. The average molecular weight is 270 g/mol. The van der Waals surface area contributed by atoms with Gasteiger partial charge in [0.1, 0.15) is 5.01 Å². The lowest BCUT2D eigenvalue weighted by atomic mass is 10.1. The van der Waals surface area contributed by atoms with Crippen LogP contribution in [0.4, 0.5) is 0 Å². The molecular weight excluding hydrogens is 256 g/mol. The van der Waals surface area contributed by atoms with Crippen molar-refractivity contribution in [2.75, 3.05) is 0 Å². The van der Waals surface area contributed by atoms with Gasteiger partial charge in [0.05, 0.1) is 11.4 Å². The first-order valence-corrected chi connectivity index (χ1v) is 6.89. The number of nitrogens with two attached hydrogens (primary N) is 1. The van der Waals surface area contributed by atoms with Crippen molar-refractivity contribution in [3.05, 3.63) is 47.5 Å². The summed E-state index contributed by atoms with van der Waals surface area (Å²) in [5.41, 5.74) is 9.89. The third-order valence-corrected chi connectivity index (χ3v) is 3.89. The molecule has 0 bridgehead atoms. The maximum atomic E-state index is 5.67. The number of thiazole rings is 1. The molecule has 0 aliphatic carbocycles. The van der Waals surface area contributed by atoms with Crippen LogP contribution in [0.15, 0.2) is 41.9 Å². The second-order valence-corrected chi connectivity index (χ2v) is 5.14.